The summed E-state index contributed by atoms with van der Waals surface area (Å²) in [4.78, 5) is 12.0. The van der Waals surface area contributed by atoms with Gasteiger partial charge in [-0.05, 0) is 48.9 Å². The first-order chi connectivity index (χ1) is 10.8. The molecule has 0 radical (unpaired) electrons. The van der Waals surface area contributed by atoms with Crippen molar-refractivity contribution in [1.82, 2.24) is 0 Å². The van der Waals surface area contributed by atoms with Gasteiger partial charge in [0.2, 0.25) is 6.79 Å². The number of rotatable bonds is 5. The minimum absolute atomic E-state index is 0.183. The minimum atomic E-state index is -0.374. The fourth-order valence-corrected chi connectivity index (χ4v) is 2.12. The molecule has 0 saturated carbocycles. The number of carbonyl (C=O) groups excluding carboxylic acids is 1. The van der Waals surface area contributed by atoms with Gasteiger partial charge in [0, 0.05) is 0 Å². The van der Waals surface area contributed by atoms with E-state index in [1.54, 1.807) is 24.3 Å². The summed E-state index contributed by atoms with van der Waals surface area (Å²) >= 11 is 0. The highest BCUT2D eigenvalue weighted by molar-refractivity contribution is 5.89. The van der Waals surface area contributed by atoms with Crippen LogP contribution in [0, 0.1) is 0 Å². The Kier molecular flexibility index (Phi) is 4.14. The smallest absolute Gasteiger partial charge is 0.338 e. The van der Waals surface area contributed by atoms with Crippen molar-refractivity contribution in [3.8, 4) is 17.2 Å². The van der Waals surface area contributed by atoms with E-state index in [0.717, 1.165) is 11.3 Å². The van der Waals surface area contributed by atoms with Gasteiger partial charge in [0.05, 0.1) is 12.2 Å². The monoisotopic (exact) mass is 300 g/mol. The van der Waals surface area contributed by atoms with Crippen molar-refractivity contribution in [2.75, 3.05) is 13.4 Å². The molecule has 0 aliphatic carbocycles. The number of ether oxygens (including phenoxy) is 4. The van der Waals surface area contributed by atoms with E-state index < -0.39 is 0 Å². The Balaban J connectivity index is 1.60. The molecule has 0 saturated heterocycles. The lowest BCUT2D eigenvalue weighted by atomic mass is 10.2. The van der Waals surface area contributed by atoms with Gasteiger partial charge in [0.25, 0.3) is 0 Å². The first-order valence-corrected chi connectivity index (χ1v) is 7.05. The van der Waals surface area contributed by atoms with Crippen molar-refractivity contribution < 1.29 is 23.7 Å². The van der Waals surface area contributed by atoms with Gasteiger partial charge in [0.1, 0.15) is 12.4 Å². The maximum absolute atomic E-state index is 12.0. The van der Waals surface area contributed by atoms with Gasteiger partial charge in [-0.3, -0.25) is 0 Å². The maximum atomic E-state index is 12.0. The molecule has 5 nitrogen and oxygen atoms in total. The van der Waals surface area contributed by atoms with E-state index in [0.29, 0.717) is 23.7 Å². The normalized spacial score (nSPS) is 12.0. The molecular weight excluding hydrogens is 284 g/mol. The molecule has 3 rings (SSSR count). The second-order valence-corrected chi connectivity index (χ2v) is 4.72. The van der Waals surface area contributed by atoms with Gasteiger partial charge in [-0.15, -0.1) is 0 Å². The molecule has 1 aliphatic rings. The van der Waals surface area contributed by atoms with Crippen molar-refractivity contribution in [1.29, 1.82) is 0 Å². The number of benzene rings is 2. The Morgan fingerprint density at radius 2 is 1.86 bits per heavy atom. The van der Waals surface area contributed by atoms with E-state index in [4.69, 9.17) is 18.9 Å². The van der Waals surface area contributed by atoms with Crippen molar-refractivity contribution >= 4 is 5.97 Å². The molecule has 0 unspecified atom stereocenters. The van der Waals surface area contributed by atoms with Crippen LogP contribution in [-0.4, -0.2) is 19.4 Å². The topological polar surface area (TPSA) is 54.0 Å². The van der Waals surface area contributed by atoms with Crippen LogP contribution in [-0.2, 0) is 11.3 Å². The van der Waals surface area contributed by atoms with Gasteiger partial charge in [-0.1, -0.05) is 6.07 Å². The zero-order chi connectivity index (χ0) is 15.4. The SMILES string of the molecule is CCOc1ccc(C(=O)OCc2ccc3c(c2)OCO3)cc1. The highest BCUT2D eigenvalue weighted by atomic mass is 16.7. The molecule has 0 fully saturated rings. The highest BCUT2D eigenvalue weighted by Crippen LogP contribution is 2.32. The first-order valence-electron chi connectivity index (χ1n) is 7.05. The molecule has 0 atom stereocenters. The number of carbonyl (C=O) groups is 1. The third-order valence-corrected chi connectivity index (χ3v) is 3.21. The number of esters is 1. The maximum Gasteiger partial charge on any atom is 0.338 e. The zero-order valence-corrected chi connectivity index (χ0v) is 12.2. The number of hydrogen-bond acceptors (Lipinski definition) is 5. The Morgan fingerprint density at radius 3 is 2.64 bits per heavy atom. The Bertz CT molecular complexity index is 663. The van der Waals surface area contributed by atoms with E-state index in [-0.39, 0.29) is 19.4 Å². The number of fused-ring (bicyclic) bond motifs is 1. The predicted octanol–water partition coefficient (Wildman–Crippen LogP) is 3.17. The standard InChI is InChI=1S/C17H16O5/c1-2-19-14-6-4-13(5-7-14)17(18)20-10-12-3-8-15-16(9-12)22-11-21-15/h3-9H,2,10-11H2,1H3. The van der Waals surface area contributed by atoms with E-state index in [1.807, 2.05) is 25.1 Å². The molecule has 2 aromatic rings. The molecule has 114 valence electrons. The fourth-order valence-electron chi connectivity index (χ4n) is 2.12. The highest BCUT2D eigenvalue weighted by Gasteiger charge is 2.14. The van der Waals surface area contributed by atoms with Crippen molar-refractivity contribution in [2.45, 2.75) is 13.5 Å². The van der Waals surface area contributed by atoms with Crippen LogP contribution in [0.1, 0.15) is 22.8 Å². The Hall–Kier alpha value is -2.69. The molecule has 1 aliphatic heterocycles. The molecule has 0 aromatic heterocycles. The van der Waals surface area contributed by atoms with Crippen LogP contribution in [0.3, 0.4) is 0 Å². The lowest BCUT2D eigenvalue weighted by Crippen LogP contribution is -2.05. The molecule has 22 heavy (non-hydrogen) atoms. The summed E-state index contributed by atoms with van der Waals surface area (Å²) in [6, 6.07) is 12.3. The molecular formula is C17H16O5. The van der Waals surface area contributed by atoms with Crippen LogP contribution < -0.4 is 14.2 Å². The van der Waals surface area contributed by atoms with E-state index >= 15 is 0 Å². The fraction of sp³-hybridized carbons (Fsp3) is 0.235. The molecule has 1 heterocycles. The summed E-state index contributed by atoms with van der Waals surface area (Å²) in [7, 11) is 0. The lowest BCUT2D eigenvalue weighted by molar-refractivity contribution is 0.0472. The molecule has 0 bridgehead atoms. The van der Waals surface area contributed by atoms with Crippen molar-refractivity contribution in [2.24, 2.45) is 0 Å². The minimum Gasteiger partial charge on any atom is -0.494 e. The predicted molar refractivity (Wildman–Crippen MR) is 79.3 cm³/mol. The number of hydrogen-bond donors (Lipinski definition) is 0. The van der Waals surface area contributed by atoms with Crippen molar-refractivity contribution in [3.05, 3.63) is 53.6 Å². The molecule has 0 N–H and O–H groups in total. The Morgan fingerprint density at radius 1 is 1.09 bits per heavy atom. The van der Waals surface area contributed by atoms with E-state index in [2.05, 4.69) is 0 Å². The van der Waals surface area contributed by atoms with Crippen LogP contribution in [0.15, 0.2) is 42.5 Å². The van der Waals surface area contributed by atoms with Gasteiger partial charge >= 0.3 is 5.97 Å². The average molecular weight is 300 g/mol. The lowest BCUT2D eigenvalue weighted by Gasteiger charge is -2.07. The second-order valence-electron chi connectivity index (χ2n) is 4.72. The zero-order valence-electron chi connectivity index (χ0n) is 12.2. The third kappa shape index (κ3) is 3.14. The van der Waals surface area contributed by atoms with Crippen LogP contribution in [0.5, 0.6) is 17.2 Å². The summed E-state index contributed by atoms with van der Waals surface area (Å²) in [5.41, 5.74) is 1.34. The first kappa shape index (κ1) is 14.3. The Labute approximate surface area is 128 Å². The summed E-state index contributed by atoms with van der Waals surface area (Å²) in [5.74, 6) is 1.74. The van der Waals surface area contributed by atoms with Gasteiger partial charge in [0.15, 0.2) is 11.5 Å². The van der Waals surface area contributed by atoms with Crippen LogP contribution in [0.2, 0.25) is 0 Å². The van der Waals surface area contributed by atoms with Crippen LogP contribution in [0.4, 0.5) is 0 Å². The summed E-state index contributed by atoms with van der Waals surface area (Å²) in [5, 5.41) is 0. The summed E-state index contributed by atoms with van der Waals surface area (Å²) in [6.45, 7) is 2.91. The molecule has 5 heteroatoms. The quantitative estimate of drug-likeness (QED) is 0.794. The van der Waals surface area contributed by atoms with Crippen molar-refractivity contribution in [3.63, 3.8) is 0 Å². The van der Waals surface area contributed by atoms with E-state index in [1.165, 1.54) is 0 Å². The molecule has 0 spiro atoms. The molecule has 0 amide bonds. The van der Waals surface area contributed by atoms with Crippen LogP contribution >= 0.6 is 0 Å². The molecule has 2 aromatic carbocycles. The third-order valence-electron chi connectivity index (χ3n) is 3.21. The largest absolute Gasteiger partial charge is 0.494 e. The van der Waals surface area contributed by atoms with Gasteiger partial charge in [-0.2, -0.15) is 0 Å². The van der Waals surface area contributed by atoms with Gasteiger partial charge < -0.3 is 18.9 Å². The second kappa shape index (κ2) is 6.39. The summed E-state index contributed by atoms with van der Waals surface area (Å²) in [6.07, 6.45) is 0. The summed E-state index contributed by atoms with van der Waals surface area (Å²) < 4.78 is 21.2. The van der Waals surface area contributed by atoms with Crippen LogP contribution in [0.25, 0.3) is 0 Å². The van der Waals surface area contributed by atoms with E-state index in [9.17, 15) is 4.79 Å². The average Bonchev–Trinajstić information content (AvgIpc) is 3.01. The van der Waals surface area contributed by atoms with Gasteiger partial charge in [-0.25, -0.2) is 4.79 Å².